The van der Waals surface area contributed by atoms with E-state index in [1.54, 1.807) is 11.3 Å². The van der Waals surface area contributed by atoms with Gasteiger partial charge in [0.25, 0.3) is 0 Å². The largest absolute Gasteiger partial charge is 0.390 e. The number of hydrogen-bond acceptors (Lipinski definition) is 6. The molecule has 8 heteroatoms. The van der Waals surface area contributed by atoms with Gasteiger partial charge in [-0.15, -0.1) is 21.5 Å². The van der Waals surface area contributed by atoms with Crippen LogP contribution in [0.4, 0.5) is 0 Å². The minimum Gasteiger partial charge on any atom is -0.390 e. The van der Waals surface area contributed by atoms with Gasteiger partial charge >= 0.3 is 0 Å². The molecule has 6 nitrogen and oxygen atoms in total. The molecule has 0 radical (unpaired) electrons. The van der Waals surface area contributed by atoms with Gasteiger partial charge in [0, 0.05) is 18.6 Å². The minimum atomic E-state index is -0.0446. The van der Waals surface area contributed by atoms with Crippen molar-refractivity contribution < 1.29 is 5.11 Å². The molecular formula is C10H11N5OS2. The van der Waals surface area contributed by atoms with E-state index < -0.39 is 0 Å². The number of aliphatic hydroxyl groups is 1. The summed E-state index contributed by atoms with van der Waals surface area (Å²) < 4.78 is 3.80. The second-order valence-electron chi connectivity index (χ2n) is 3.77. The zero-order valence-corrected chi connectivity index (χ0v) is 11.5. The molecule has 1 N–H and O–H groups in total. The second-order valence-corrected chi connectivity index (χ2v) is 5.60. The Balaban J connectivity index is 2.04. The SMILES string of the molecule is Cc1nnc(Sc2nc3sccn3c2CO)n1C. The summed E-state index contributed by atoms with van der Waals surface area (Å²) in [4.78, 5) is 5.37. The van der Waals surface area contributed by atoms with Crippen molar-refractivity contribution in [1.29, 1.82) is 0 Å². The number of fused-ring (bicyclic) bond motifs is 1. The van der Waals surface area contributed by atoms with E-state index in [0.717, 1.165) is 26.7 Å². The highest BCUT2D eigenvalue weighted by Gasteiger charge is 2.16. The summed E-state index contributed by atoms with van der Waals surface area (Å²) in [6.07, 6.45) is 1.91. The lowest BCUT2D eigenvalue weighted by Gasteiger charge is -2.00. The van der Waals surface area contributed by atoms with Crippen molar-refractivity contribution in [1.82, 2.24) is 24.1 Å². The third-order valence-electron chi connectivity index (χ3n) is 2.71. The van der Waals surface area contributed by atoms with Gasteiger partial charge in [0.05, 0.1) is 12.3 Å². The van der Waals surface area contributed by atoms with Crippen LogP contribution < -0.4 is 0 Å². The average molecular weight is 281 g/mol. The first-order valence-corrected chi connectivity index (χ1v) is 6.99. The summed E-state index contributed by atoms with van der Waals surface area (Å²) in [5, 5.41) is 21.1. The van der Waals surface area contributed by atoms with Gasteiger partial charge in [0.15, 0.2) is 10.1 Å². The van der Waals surface area contributed by atoms with Gasteiger partial charge in [0.1, 0.15) is 10.9 Å². The maximum atomic E-state index is 9.46. The van der Waals surface area contributed by atoms with Crippen molar-refractivity contribution in [2.24, 2.45) is 7.05 Å². The molecule has 94 valence electrons. The molecule has 3 aromatic rings. The number of rotatable bonds is 3. The Hall–Kier alpha value is -1.38. The fourth-order valence-electron chi connectivity index (χ4n) is 1.60. The van der Waals surface area contributed by atoms with Crippen molar-refractivity contribution >= 4 is 28.1 Å². The van der Waals surface area contributed by atoms with Crippen LogP contribution in [0.5, 0.6) is 0 Å². The monoisotopic (exact) mass is 281 g/mol. The second kappa shape index (κ2) is 4.38. The first kappa shape index (κ1) is 11.7. The summed E-state index contributed by atoms with van der Waals surface area (Å²) in [5.74, 6) is 0.851. The van der Waals surface area contributed by atoms with Crippen LogP contribution in [0.25, 0.3) is 4.96 Å². The van der Waals surface area contributed by atoms with E-state index in [4.69, 9.17) is 0 Å². The molecule has 0 unspecified atom stereocenters. The zero-order chi connectivity index (χ0) is 12.7. The van der Waals surface area contributed by atoms with Crippen LogP contribution in [0.1, 0.15) is 11.5 Å². The lowest BCUT2D eigenvalue weighted by atomic mass is 10.5. The predicted octanol–water partition coefficient (Wildman–Crippen LogP) is 1.48. The van der Waals surface area contributed by atoms with Crippen LogP contribution in [0, 0.1) is 6.92 Å². The lowest BCUT2D eigenvalue weighted by Crippen LogP contribution is -1.95. The lowest BCUT2D eigenvalue weighted by molar-refractivity contribution is 0.272. The van der Waals surface area contributed by atoms with Crippen LogP contribution in [0.2, 0.25) is 0 Å². The summed E-state index contributed by atoms with van der Waals surface area (Å²) in [6, 6.07) is 0. The highest BCUT2D eigenvalue weighted by Crippen LogP contribution is 2.30. The molecular weight excluding hydrogens is 270 g/mol. The van der Waals surface area contributed by atoms with Crippen LogP contribution in [0.15, 0.2) is 21.8 Å². The van der Waals surface area contributed by atoms with Crippen LogP contribution in [-0.4, -0.2) is 29.3 Å². The van der Waals surface area contributed by atoms with Crippen molar-refractivity contribution in [3.63, 3.8) is 0 Å². The van der Waals surface area contributed by atoms with Crippen molar-refractivity contribution in [2.45, 2.75) is 23.7 Å². The Morgan fingerprint density at radius 3 is 2.94 bits per heavy atom. The molecule has 3 aromatic heterocycles. The normalized spacial score (nSPS) is 11.5. The number of aryl methyl sites for hydroxylation is 1. The smallest absolute Gasteiger partial charge is 0.197 e. The van der Waals surface area contributed by atoms with Crippen LogP contribution >= 0.6 is 23.1 Å². The topological polar surface area (TPSA) is 68.2 Å². The van der Waals surface area contributed by atoms with Crippen LogP contribution in [0.3, 0.4) is 0 Å². The minimum absolute atomic E-state index is 0.0446. The van der Waals surface area contributed by atoms with E-state index in [-0.39, 0.29) is 6.61 Å². The van der Waals surface area contributed by atoms with Crippen LogP contribution in [-0.2, 0) is 13.7 Å². The molecule has 0 aliphatic carbocycles. The number of aliphatic hydroxyl groups excluding tert-OH is 1. The van der Waals surface area contributed by atoms with E-state index in [1.807, 2.05) is 34.5 Å². The molecule has 0 atom stereocenters. The van der Waals surface area contributed by atoms with E-state index in [2.05, 4.69) is 15.2 Å². The van der Waals surface area contributed by atoms with Gasteiger partial charge in [-0.05, 0) is 18.7 Å². The Kier molecular flexibility index (Phi) is 2.84. The Bertz CT molecular complexity index is 698. The van der Waals surface area contributed by atoms with E-state index in [9.17, 15) is 5.11 Å². The molecule has 3 rings (SSSR count). The first-order chi connectivity index (χ1) is 8.70. The van der Waals surface area contributed by atoms with E-state index in [1.165, 1.54) is 11.8 Å². The highest BCUT2D eigenvalue weighted by atomic mass is 32.2. The molecule has 3 heterocycles. The van der Waals surface area contributed by atoms with Gasteiger partial charge in [-0.2, -0.15) is 0 Å². The third-order valence-corrected chi connectivity index (χ3v) is 4.53. The number of hydrogen-bond donors (Lipinski definition) is 1. The van der Waals surface area contributed by atoms with E-state index >= 15 is 0 Å². The van der Waals surface area contributed by atoms with Crippen molar-refractivity contribution in [3.05, 3.63) is 23.1 Å². The van der Waals surface area contributed by atoms with Gasteiger partial charge in [-0.1, -0.05) is 0 Å². The number of nitrogens with zero attached hydrogens (tertiary/aromatic N) is 5. The maximum absolute atomic E-state index is 9.46. The predicted molar refractivity (Wildman–Crippen MR) is 68.9 cm³/mol. The number of thiazole rings is 1. The zero-order valence-electron chi connectivity index (χ0n) is 9.86. The van der Waals surface area contributed by atoms with Crippen molar-refractivity contribution in [2.75, 3.05) is 0 Å². The maximum Gasteiger partial charge on any atom is 0.197 e. The Morgan fingerprint density at radius 2 is 2.28 bits per heavy atom. The third kappa shape index (κ3) is 1.73. The molecule has 0 saturated carbocycles. The van der Waals surface area contributed by atoms with Gasteiger partial charge in [-0.3, -0.25) is 4.40 Å². The Labute approximate surface area is 111 Å². The standard InChI is InChI=1S/C10H11N5OS2/c1-6-12-13-10(14(6)2)18-8-7(5-16)15-3-4-17-9(15)11-8/h3-4,16H,5H2,1-2H3. The van der Waals surface area contributed by atoms with Gasteiger partial charge in [-0.25, -0.2) is 4.98 Å². The molecule has 0 fully saturated rings. The highest BCUT2D eigenvalue weighted by molar-refractivity contribution is 7.99. The number of aromatic nitrogens is 5. The quantitative estimate of drug-likeness (QED) is 0.787. The molecule has 0 aliphatic heterocycles. The molecule has 0 aromatic carbocycles. The summed E-state index contributed by atoms with van der Waals surface area (Å²) >= 11 is 2.96. The van der Waals surface area contributed by atoms with Gasteiger partial charge < -0.3 is 9.67 Å². The fourth-order valence-corrected chi connectivity index (χ4v) is 3.33. The molecule has 18 heavy (non-hydrogen) atoms. The summed E-state index contributed by atoms with van der Waals surface area (Å²) in [5.41, 5.74) is 0.789. The molecule has 0 aliphatic rings. The average Bonchev–Trinajstić information content (AvgIpc) is 2.99. The molecule has 0 amide bonds. The van der Waals surface area contributed by atoms with E-state index in [0.29, 0.717) is 0 Å². The fraction of sp³-hybridized carbons (Fsp3) is 0.300. The summed E-state index contributed by atoms with van der Waals surface area (Å²) in [7, 11) is 1.91. The summed E-state index contributed by atoms with van der Waals surface area (Å²) in [6.45, 7) is 1.85. The molecule has 0 spiro atoms. The first-order valence-electron chi connectivity index (χ1n) is 5.30. The van der Waals surface area contributed by atoms with Gasteiger partial charge in [0.2, 0.25) is 0 Å². The number of imidazole rings is 1. The Morgan fingerprint density at radius 1 is 1.44 bits per heavy atom. The van der Waals surface area contributed by atoms with Crippen molar-refractivity contribution in [3.8, 4) is 0 Å². The molecule has 0 bridgehead atoms. The molecule has 0 saturated heterocycles.